The Kier molecular flexibility index (Phi) is 4.68. The van der Waals surface area contributed by atoms with Crippen LogP contribution in [0.5, 0.6) is 0 Å². The van der Waals surface area contributed by atoms with Crippen molar-refractivity contribution in [2.45, 2.75) is 25.8 Å². The van der Waals surface area contributed by atoms with Crippen molar-refractivity contribution in [3.63, 3.8) is 0 Å². The third-order valence-electron chi connectivity index (χ3n) is 2.47. The van der Waals surface area contributed by atoms with E-state index in [0.717, 1.165) is 18.9 Å². The highest BCUT2D eigenvalue weighted by Gasteiger charge is 2.08. The third kappa shape index (κ3) is 3.77. The fourth-order valence-corrected chi connectivity index (χ4v) is 1.56. The molecule has 0 saturated carbocycles. The number of nitrogens with zero attached hydrogens (tertiary/aromatic N) is 1. The fraction of sp³-hybridized carbons (Fsp3) is 0.500. The molecule has 0 saturated heterocycles. The normalized spacial score (nSPS) is 12.6. The SMILES string of the molecule is CC(N)CCCN(C)c1ccc(F)cc1F. The van der Waals surface area contributed by atoms with Crippen LogP contribution in [0, 0.1) is 11.6 Å². The van der Waals surface area contributed by atoms with Gasteiger partial charge in [0.05, 0.1) is 5.69 Å². The van der Waals surface area contributed by atoms with E-state index in [4.69, 9.17) is 5.73 Å². The number of hydrogen-bond acceptors (Lipinski definition) is 2. The molecule has 1 rings (SSSR count). The van der Waals surface area contributed by atoms with Crippen molar-refractivity contribution in [3.8, 4) is 0 Å². The minimum atomic E-state index is -0.551. The number of halogens is 2. The summed E-state index contributed by atoms with van der Waals surface area (Å²) < 4.78 is 26.1. The molecule has 0 amide bonds. The van der Waals surface area contributed by atoms with Crippen molar-refractivity contribution in [2.24, 2.45) is 5.73 Å². The molecule has 1 aromatic carbocycles. The molecule has 0 aliphatic heterocycles. The van der Waals surface area contributed by atoms with Gasteiger partial charge in [0, 0.05) is 25.7 Å². The smallest absolute Gasteiger partial charge is 0.149 e. The highest BCUT2D eigenvalue weighted by molar-refractivity contribution is 5.46. The van der Waals surface area contributed by atoms with E-state index in [1.54, 1.807) is 11.9 Å². The summed E-state index contributed by atoms with van der Waals surface area (Å²) in [5.74, 6) is -1.08. The van der Waals surface area contributed by atoms with E-state index in [9.17, 15) is 8.78 Å². The zero-order chi connectivity index (χ0) is 12.1. The Morgan fingerprint density at radius 2 is 2.06 bits per heavy atom. The topological polar surface area (TPSA) is 29.3 Å². The van der Waals surface area contributed by atoms with Crippen LogP contribution in [0.4, 0.5) is 14.5 Å². The van der Waals surface area contributed by atoms with Crippen molar-refractivity contribution in [2.75, 3.05) is 18.5 Å². The van der Waals surface area contributed by atoms with Gasteiger partial charge in [-0.15, -0.1) is 0 Å². The summed E-state index contributed by atoms with van der Waals surface area (Å²) >= 11 is 0. The molecule has 1 atom stereocenters. The molecule has 0 bridgehead atoms. The van der Waals surface area contributed by atoms with Gasteiger partial charge in [-0.1, -0.05) is 0 Å². The Hall–Kier alpha value is -1.16. The van der Waals surface area contributed by atoms with Crippen LogP contribution in [-0.4, -0.2) is 19.6 Å². The molecule has 0 fully saturated rings. The summed E-state index contributed by atoms with van der Waals surface area (Å²) in [5.41, 5.74) is 6.05. The van der Waals surface area contributed by atoms with Gasteiger partial charge in [-0.05, 0) is 31.9 Å². The first-order valence-corrected chi connectivity index (χ1v) is 5.42. The summed E-state index contributed by atoms with van der Waals surface area (Å²) in [6.45, 7) is 2.66. The fourth-order valence-electron chi connectivity index (χ4n) is 1.56. The van der Waals surface area contributed by atoms with Crippen molar-refractivity contribution in [1.29, 1.82) is 0 Å². The second kappa shape index (κ2) is 5.80. The molecule has 2 nitrogen and oxygen atoms in total. The van der Waals surface area contributed by atoms with Crippen molar-refractivity contribution >= 4 is 5.69 Å². The molecule has 0 aliphatic carbocycles. The van der Waals surface area contributed by atoms with E-state index < -0.39 is 11.6 Å². The van der Waals surface area contributed by atoms with Crippen LogP contribution in [0.25, 0.3) is 0 Å². The first kappa shape index (κ1) is 12.9. The summed E-state index contributed by atoms with van der Waals surface area (Å²) in [6, 6.07) is 3.78. The van der Waals surface area contributed by atoms with E-state index in [0.29, 0.717) is 12.2 Å². The van der Waals surface area contributed by atoms with Crippen LogP contribution in [0.3, 0.4) is 0 Å². The Morgan fingerprint density at radius 3 is 2.62 bits per heavy atom. The Balaban J connectivity index is 2.55. The molecule has 0 radical (unpaired) electrons. The summed E-state index contributed by atoms with van der Waals surface area (Å²) in [4.78, 5) is 1.77. The Bertz CT molecular complexity index is 340. The highest BCUT2D eigenvalue weighted by atomic mass is 19.1. The first-order valence-electron chi connectivity index (χ1n) is 5.42. The van der Waals surface area contributed by atoms with E-state index in [-0.39, 0.29) is 6.04 Å². The van der Waals surface area contributed by atoms with Gasteiger partial charge in [-0.3, -0.25) is 0 Å². The second-order valence-electron chi connectivity index (χ2n) is 4.14. The lowest BCUT2D eigenvalue weighted by Gasteiger charge is -2.20. The average molecular weight is 228 g/mol. The van der Waals surface area contributed by atoms with Gasteiger partial charge in [-0.2, -0.15) is 0 Å². The van der Waals surface area contributed by atoms with E-state index in [1.165, 1.54) is 12.1 Å². The number of hydrogen-bond donors (Lipinski definition) is 1. The first-order chi connectivity index (χ1) is 7.50. The van der Waals surface area contributed by atoms with E-state index in [2.05, 4.69) is 0 Å². The molecule has 0 heterocycles. The van der Waals surface area contributed by atoms with Gasteiger partial charge in [0.2, 0.25) is 0 Å². The predicted octanol–water partition coefficient (Wildman–Crippen LogP) is 2.53. The van der Waals surface area contributed by atoms with Crippen LogP contribution < -0.4 is 10.6 Å². The summed E-state index contributed by atoms with van der Waals surface area (Å²) in [5, 5.41) is 0. The monoisotopic (exact) mass is 228 g/mol. The molecule has 2 N–H and O–H groups in total. The van der Waals surface area contributed by atoms with Crippen LogP contribution in [0.2, 0.25) is 0 Å². The van der Waals surface area contributed by atoms with Crippen molar-refractivity contribution < 1.29 is 8.78 Å². The number of nitrogens with two attached hydrogens (primary N) is 1. The second-order valence-corrected chi connectivity index (χ2v) is 4.14. The molecular formula is C12H18F2N2. The van der Waals surface area contributed by atoms with Gasteiger partial charge in [-0.25, -0.2) is 8.78 Å². The Morgan fingerprint density at radius 1 is 1.38 bits per heavy atom. The minimum Gasteiger partial charge on any atom is -0.372 e. The van der Waals surface area contributed by atoms with Crippen LogP contribution in [-0.2, 0) is 0 Å². The zero-order valence-electron chi connectivity index (χ0n) is 9.71. The third-order valence-corrected chi connectivity index (χ3v) is 2.47. The number of benzene rings is 1. The van der Waals surface area contributed by atoms with Gasteiger partial charge >= 0.3 is 0 Å². The van der Waals surface area contributed by atoms with Gasteiger partial charge in [0.25, 0.3) is 0 Å². The molecule has 16 heavy (non-hydrogen) atoms. The van der Waals surface area contributed by atoms with Crippen molar-refractivity contribution in [3.05, 3.63) is 29.8 Å². The standard InChI is InChI=1S/C12H18F2N2/c1-9(15)4-3-7-16(2)12-6-5-10(13)8-11(12)14/h5-6,8-9H,3-4,7,15H2,1-2H3. The summed E-state index contributed by atoms with van der Waals surface area (Å²) in [7, 11) is 1.79. The molecule has 90 valence electrons. The number of anilines is 1. The maximum Gasteiger partial charge on any atom is 0.149 e. The lowest BCUT2D eigenvalue weighted by molar-refractivity contribution is 0.576. The minimum absolute atomic E-state index is 0.159. The van der Waals surface area contributed by atoms with Crippen LogP contribution >= 0.6 is 0 Å². The number of rotatable bonds is 5. The van der Waals surface area contributed by atoms with Crippen LogP contribution in [0.15, 0.2) is 18.2 Å². The van der Waals surface area contributed by atoms with Crippen molar-refractivity contribution in [1.82, 2.24) is 0 Å². The highest BCUT2D eigenvalue weighted by Crippen LogP contribution is 2.19. The molecule has 1 aromatic rings. The van der Waals surface area contributed by atoms with Gasteiger partial charge in [0.1, 0.15) is 11.6 Å². The maximum absolute atomic E-state index is 13.4. The predicted molar refractivity (Wildman–Crippen MR) is 62.5 cm³/mol. The van der Waals surface area contributed by atoms with Crippen LogP contribution in [0.1, 0.15) is 19.8 Å². The lowest BCUT2D eigenvalue weighted by Crippen LogP contribution is -2.22. The molecule has 0 aliphatic rings. The zero-order valence-corrected chi connectivity index (χ0v) is 9.71. The molecule has 4 heteroatoms. The summed E-state index contributed by atoms with van der Waals surface area (Å²) in [6.07, 6.45) is 1.79. The van der Waals surface area contributed by atoms with E-state index in [1.807, 2.05) is 6.92 Å². The van der Waals surface area contributed by atoms with Gasteiger partial charge < -0.3 is 10.6 Å². The largest absolute Gasteiger partial charge is 0.372 e. The molecule has 0 spiro atoms. The molecule has 1 unspecified atom stereocenters. The molecule has 0 aromatic heterocycles. The van der Waals surface area contributed by atoms with E-state index >= 15 is 0 Å². The Labute approximate surface area is 95.1 Å². The lowest BCUT2D eigenvalue weighted by atomic mass is 10.2. The average Bonchev–Trinajstić information content (AvgIpc) is 2.16. The molecular weight excluding hydrogens is 210 g/mol. The van der Waals surface area contributed by atoms with Gasteiger partial charge in [0.15, 0.2) is 0 Å². The quantitative estimate of drug-likeness (QED) is 0.839. The maximum atomic E-state index is 13.4.